The van der Waals surface area contributed by atoms with Crippen molar-refractivity contribution in [2.75, 3.05) is 13.2 Å². The second-order valence-corrected chi connectivity index (χ2v) is 4.84. The van der Waals surface area contributed by atoms with Crippen LogP contribution in [-0.4, -0.2) is 34.9 Å². The zero-order valence-corrected chi connectivity index (χ0v) is 11.9. The minimum atomic E-state index is -0.652. The fraction of sp³-hybridized carbons (Fsp3) is 0.692. The Kier molecular flexibility index (Phi) is 6.52. The first-order valence-electron chi connectivity index (χ1n) is 6.64. The molecule has 0 saturated carbocycles. The van der Waals surface area contributed by atoms with Gasteiger partial charge in [-0.15, -0.1) is 0 Å². The highest BCUT2D eigenvalue weighted by Gasteiger charge is 2.16. The van der Waals surface area contributed by atoms with Gasteiger partial charge in [0.05, 0.1) is 12.3 Å². The maximum atomic E-state index is 11.8. The molecule has 1 atom stereocenters. The van der Waals surface area contributed by atoms with Crippen molar-refractivity contribution in [3.8, 4) is 0 Å². The highest BCUT2D eigenvalue weighted by molar-refractivity contribution is 5.82. The molecule has 0 aliphatic rings. The number of nitrogens with two attached hydrogens (primary N) is 1. The Morgan fingerprint density at radius 3 is 2.84 bits per heavy atom. The third-order valence-corrected chi connectivity index (χ3v) is 2.69. The van der Waals surface area contributed by atoms with E-state index in [2.05, 4.69) is 10.4 Å². The lowest BCUT2D eigenvalue weighted by Gasteiger charge is -2.11. The summed E-state index contributed by atoms with van der Waals surface area (Å²) in [5, 5.41) is 6.82. The molecule has 0 bridgehead atoms. The molecule has 0 fully saturated rings. The maximum absolute atomic E-state index is 11.8. The van der Waals surface area contributed by atoms with Crippen molar-refractivity contribution in [3.63, 3.8) is 0 Å². The van der Waals surface area contributed by atoms with E-state index in [0.717, 1.165) is 25.0 Å². The zero-order valence-electron chi connectivity index (χ0n) is 11.9. The fourth-order valence-corrected chi connectivity index (χ4v) is 1.62. The van der Waals surface area contributed by atoms with Gasteiger partial charge in [-0.2, -0.15) is 5.10 Å². The van der Waals surface area contributed by atoms with E-state index in [0.29, 0.717) is 6.54 Å². The molecular weight excluding hydrogens is 244 g/mol. The van der Waals surface area contributed by atoms with Gasteiger partial charge in [-0.05, 0) is 26.7 Å². The molecule has 0 aliphatic carbocycles. The summed E-state index contributed by atoms with van der Waals surface area (Å²) < 4.78 is 7.05. The standard InChI is InChI=1S/C13H24N4O2/c1-10(2)19-7-5-4-6-15-13(18)12(14)11-8-16-17(3)9-11/h8-10,12H,4-7,14H2,1-3H3,(H,15,18). The van der Waals surface area contributed by atoms with Crippen LogP contribution >= 0.6 is 0 Å². The molecule has 6 nitrogen and oxygen atoms in total. The number of carbonyl (C=O) groups excluding carboxylic acids is 1. The Labute approximate surface area is 114 Å². The molecule has 6 heteroatoms. The predicted molar refractivity (Wildman–Crippen MR) is 73.5 cm³/mol. The molecule has 0 aliphatic heterocycles. The molecule has 0 spiro atoms. The first-order valence-corrected chi connectivity index (χ1v) is 6.64. The Balaban J connectivity index is 2.17. The van der Waals surface area contributed by atoms with Crippen LogP contribution in [0.4, 0.5) is 0 Å². The predicted octanol–water partition coefficient (Wildman–Crippen LogP) is 0.741. The molecule has 0 radical (unpaired) electrons. The third-order valence-electron chi connectivity index (χ3n) is 2.69. The van der Waals surface area contributed by atoms with Gasteiger partial charge in [-0.3, -0.25) is 9.48 Å². The summed E-state index contributed by atoms with van der Waals surface area (Å²) in [6.45, 7) is 5.36. The second kappa shape index (κ2) is 7.91. The van der Waals surface area contributed by atoms with Crippen LogP contribution in [0.3, 0.4) is 0 Å². The molecule has 3 N–H and O–H groups in total. The van der Waals surface area contributed by atoms with Gasteiger partial charge in [0.1, 0.15) is 6.04 Å². The third kappa shape index (κ3) is 5.85. The van der Waals surface area contributed by atoms with E-state index >= 15 is 0 Å². The van der Waals surface area contributed by atoms with Crippen molar-refractivity contribution in [2.24, 2.45) is 12.8 Å². The number of aromatic nitrogens is 2. The number of amides is 1. The number of carbonyl (C=O) groups is 1. The van der Waals surface area contributed by atoms with E-state index in [1.165, 1.54) is 0 Å². The van der Waals surface area contributed by atoms with Gasteiger partial charge in [0, 0.05) is 32.0 Å². The summed E-state index contributed by atoms with van der Waals surface area (Å²) in [7, 11) is 1.79. The largest absolute Gasteiger partial charge is 0.379 e. The minimum Gasteiger partial charge on any atom is -0.379 e. The number of rotatable bonds is 8. The highest BCUT2D eigenvalue weighted by Crippen LogP contribution is 2.08. The van der Waals surface area contributed by atoms with E-state index in [1.54, 1.807) is 24.1 Å². The van der Waals surface area contributed by atoms with Crippen LogP contribution in [0, 0.1) is 0 Å². The summed E-state index contributed by atoms with van der Waals surface area (Å²) in [6, 6.07) is -0.652. The van der Waals surface area contributed by atoms with Gasteiger partial charge < -0.3 is 15.8 Å². The molecule has 19 heavy (non-hydrogen) atoms. The molecule has 1 amide bonds. The van der Waals surface area contributed by atoms with Crippen LogP contribution in [-0.2, 0) is 16.6 Å². The summed E-state index contributed by atoms with van der Waals surface area (Å²) >= 11 is 0. The molecular formula is C13H24N4O2. The number of hydrogen-bond acceptors (Lipinski definition) is 4. The van der Waals surface area contributed by atoms with Crippen molar-refractivity contribution < 1.29 is 9.53 Å². The average molecular weight is 268 g/mol. The summed E-state index contributed by atoms with van der Waals surface area (Å²) in [6.07, 6.45) is 5.44. The van der Waals surface area contributed by atoms with Crippen molar-refractivity contribution in [3.05, 3.63) is 18.0 Å². The lowest BCUT2D eigenvalue weighted by molar-refractivity contribution is -0.122. The SMILES string of the molecule is CC(C)OCCCCNC(=O)C(N)c1cnn(C)c1. The van der Waals surface area contributed by atoms with Crippen molar-refractivity contribution >= 4 is 5.91 Å². The maximum Gasteiger partial charge on any atom is 0.241 e. The Morgan fingerprint density at radius 1 is 1.53 bits per heavy atom. The lowest BCUT2D eigenvalue weighted by atomic mass is 10.1. The molecule has 0 saturated heterocycles. The molecule has 1 unspecified atom stereocenters. The average Bonchev–Trinajstić information content (AvgIpc) is 2.78. The summed E-state index contributed by atoms with van der Waals surface area (Å²) in [5.41, 5.74) is 6.57. The van der Waals surface area contributed by atoms with Crippen LogP contribution in [0.5, 0.6) is 0 Å². The molecule has 108 valence electrons. The number of hydrogen-bond donors (Lipinski definition) is 2. The fourth-order valence-electron chi connectivity index (χ4n) is 1.62. The molecule has 1 rings (SSSR count). The van der Waals surface area contributed by atoms with Gasteiger partial charge in [-0.25, -0.2) is 0 Å². The number of unbranched alkanes of at least 4 members (excludes halogenated alkanes) is 1. The normalized spacial score (nSPS) is 12.7. The van der Waals surface area contributed by atoms with Gasteiger partial charge in [0.15, 0.2) is 0 Å². The van der Waals surface area contributed by atoms with Crippen LogP contribution in [0.1, 0.15) is 38.3 Å². The van der Waals surface area contributed by atoms with Crippen LogP contribution in [0.25, 0.3) is 0 Å². The number of aryl methyl sites for hydroxylation is 1. The van der Waals surface area contributed by atoms with Crippen molar-refractivity contribution in [1.82, 2.24) is 15.1 Å². The number of ether oxygens (including phenoxy) is 1. The number of nitrogens with zero attached hydrogens (tertiary/aromatic N) is 2. The van der Waals surface area contributed by atoms with Gasteiger partial charge >= 0.3 is 0 Å². The second-order valence-electron chi connectivity index (χ2n) is 4.84. The van der Waals surface area contributed by atoms with Crippen LogP contribution in [0.2, 0.25) is 0 Å². The van der Waals surface area contributed by atoms with Gasteiger partial charge in [0.25, 0.3) is 0 Å². The molecule has 0 aromatic carbocycles. The Morgan fingerprint density at radius 2 is 2.26 bits per heavy atom. The summed E-state index contributed by atoms with van der Waals surface area (Å²) in [5.74, 6) is -0.169. The van der Waals surface area contributed by atoms with E-state index in [9.17, 15) is 4.79 Å². The van der Waals surface area contributed by atoms with E-state index in [-0.39, 0.29) is 12.0 Å². The van der Waals surface area contributed by atoms with Crippen LogP contribution < -0.4 is 11.1 Å². The minimum absolute atomic E-state index is 0.169. The van der Waals surface area contributed by atoms with E-state index < -0.39 is 6.04 Å². The smallest absolute Gasteiger partial charge is 0.241 e. The van der Waals surface area contributed by atoms with Gasteiger partial charge in [-0.1, -0.05) is 0 Å². The monoisotopic (exact) mass is 268 g/mol. The lowest BCUT2D eigenvalue weighted by Crippen LogP contribution is -2.34. The Bertz CT molecular complexity index is 390. The topological polar surface area (TPSA) is 82.2 Å². The molecule has 1 aromatic rings. The molecule has 1 aromatic heterocycles. The number of nitrogens with one attached hydrogen (secondary N) is 1. The van der Waals surface area contributed by atoms with Crippen LogP contribution in [0.15, 0.2) is 12.4 Å². The van der Waals surface area contributed by atoms with Crippen molar-refractivity contribution in [1.29, 1.82) is 0 Å². The quantitative estimate of drug-likeness (QED) is 0.681. The van der Waals surface area contributed by atoms with E-state index in [4.69, 9.17) is 10.5 Å². The highest BCUT2D eigenvalue weighted by atomic mass is 16.5. The Hall–Kier alpha value is -1.40. The zero-order chi connectivity index (χ0) is 14.3. The van der Waals surface area contributed by atoms with Gasteiger partial charge in [0.2, 0.25) is 5.91 Å². The summed E-state index contributed by atoms with van der Waals surface area (Å²) in [4.78, 5) is 11.8. The first-order chi connectivity index (χ1) is 9.00. The van der Waals surface area contributed by atoms with E-state index in [1.807, 2.05) is 13.8 Å². The van der Waals surface area contributed by atoms with Crippen molar-refractivity contribution in [2.45, 2.75) is 38.8 Å². The first kappa shape index (κ1) is 15.7. The molecule has 1 heterocycles.